The van der Waals surface area contributed by atoms with Crippen LogP contribution in [0.1, 0.15) is 46.1 Å². The largest absolute Gasteiger partial charge is 0.454 e. The third-order valence-corrected chi connectivity index (χ3v) is 6.74. The van der Waals surface area contributed by atoms with Crippen molar-refractivity contribution in [1.29, 1.82) is 0 Å². The van der Waals surface area contributed by atoms with E-state index in [1.165, 1.54) is 11.1 Å². The number of nitrogens with one attached hydrogen (secondary N) is 1. The van der Waals surface area contributed by atoms with E-state index in [-0.39, 0.29) is 29.4 Å². The number of allylic oxidation sites excluding steroid dienone is 2. The van der Waals surface area contributed by atoms with Crippen LogP contribution in [0.2, 0.25) is 0 Å². The van der Waals surface area contributed by atoms with E-state index in [0.29, 0.717) is 25.7 Å². The quantitative estimate of drug-likeness (QED) is 0.783. The molecule has 0 spiro atoms. The van der Waals surface area contributed by atoms with Gasteiger partial charge in [0.15, 0.2) is 11.5 Å². The summed E-state index contributed by atoms with van der Waals surface area (Å²) in [4.78, 5) is 13.0. The minimum absolute atomic E-state index is 0.0307. The van der Waals surface area contributed by atoms with Crippen molar-refractivity contribution < 1.29 is 19.0 Å². The molecule has 28 heavy (non-hydrogen) atoms. The summed E-state index contributed by atoms with van der Waals surface area (Å²) < 4.78 is 16.7. The van der Waals surface area contributed by atoms with Crippen LogP contribution in [0, 0.1) is 17.3 Å². The second kappa shape index (κ2) is 7.11. The van der Waals surface area contributed by atoms with E-state index in [4.69, 9.17) is 14.2 Å². The average Bonchev–Trinajstić information content (AvgIpc) is 3.01. The zero-order valence-electron chi connectivity index (χ0n) is 17.3. The van der Waals surface area contributed by atoms with Gasteiger partial charge in [0.2, 0.25) is 12.7 Å². The van der Waals surface area contributed by atoms with E-state index in [1.54, 1.807) is 0 Å². The number of carbonyl (C=O) groups excluding carboxylic acids is 1. The topological polar surface area (TPSA) is 56.8 Å². The lowest BCUT2D eigenvalue weighted by atomic mass is 9.74. The zero-order valence-corrected chi connectivity index (χ0v) is 17.3. The van der Waals surface area contributed by atoms with Crippen LogP contribution in [-0.2, 0) is 14.9 Å². The van der Waals surface area contributed by atoms with Gasteiger partial charge in [0.25, 0.3) is 0 Å². The van der Waals surface area contributed by atoms with Crippen molar-refractivity contribution in [3.05, 3.63) is 35.4 Å². The van der Waals surface area contributed by atoms with Gasteiger partial charge in [-0.2, -0.15) is 0 Å². The summed E-state index contributed by atoms with van der Waals surface area (Å²) in [7, 11) is 0. The molecule has 2 aliphatic heterocycles. The standard InChI is InChI=1S/C23H31NO4/c1-15(2)11-17-20(22(17,3)4)21(25)24-13-23(7-9-26-10-8-23)16-5-6-18-19(12-16)28-14-27-18/h5-6,11-12,17,20H,7-10,13-14H2,1-4H3,(H,24,25)/t17-,20+/m1/s1. The molecule has 3 aliphatic rings. The van der Waals surface area contributed by atoms with Crippen molar-refractivity contribution in [2.45, 2.75) is 46.0 Å². The molecule has 1 amide bonds. The van der Waals surface area contributed by atoms with Crippen molar-refractivity contribution >= 4 is 5.91 Å². The highest BCUT2D eigenvalue weighted by atomic mass is 16.7. The van der Waals surface area contributed by atoms with Crippen molar-refractivity contribution in [3.8, 4) is 11.5 Å². The van der Waals surface area contributed by atoms with E-state index in [2.05, 4.69) is 51.2 Å². The smallest absolute Gasteiger partial charge is 0.231 e. The van der Waals surface area contributed by atoms with E-state index < -0.39 is 0 Å². The Hall–Kier alpha value is -2.01. The first-order chi connectivity index (χ1) is 13.3. The van der Waals surface area contributed by atoms with E-state index >= 15 is 0 Å². The molecule has 0 unspecified atom stereocenters. The Balaban J connectivity index is 1.50. The van der Waals surface area contributed by atoms with Gasteiger partial charge in [0, 0.05) is 25.2 Å². The molecule has 0 radical (unpaired) electrons. The monoisotopic (exact) mass is 385 g/mol. The van der Waals surface area contributed by atoms with E-state index in [1.807, 2.05) is 6.07 Å². The lowest BCUT2D eigenvalue weighted by Crippen LogP contribution is -2.45. The Morgan fingerprint density at radius 2 is 1.89 bits per heavy atom. The van der Waals surface area contributed by atoms with Crippen molar-refractivity contribution in [2.24, 2.45) is 17.3 Å². The maximum Gasteiger partial charge on any atom is 0.231 e. The molecule has 2 heterocycles. The third-order valence-electron chi connectivity index (χ3n) is 6.74. The van der Waals surface area contributed by atoms with Crippen LogP contribution in [0.25, 0.3) is 0 Å². The second-order valence-corrected chi connectivity index (χ2v) is 9.25. The van der Waals surface area contributed by atoms with Crippen molar-refractivity contribution in [3.63, 3.8) is 0 Å². The first-order valence-electron chi connectivity index (χ1n) is 10.2. The highest BCUT2D eigenvalue weighted by Crippen LogP contribution is 2.59. The molecule has 4 rings (SSSR count). The molecule has 1 aromatic rings. The summed E-state index contributed by atoms with van der Waals surface area (Å²) in [6, 6.07) is 6.16. The lowest BCUT2D eigenvalue weighted by molar-refractivity contribution is -0.123. The molecule has 2 atom stereocenters. The number of amides is 1. The second-order valence-electron chi connectivity index (χ2n) is 9.25. The number of carbonyl (C=O) groups is 1. The normalized spacial score (nSPS) is 26.4. The number of hydrogen-bond acceptors (Lipinski definition) is 4. The van der Waals surface area contributed by atoms with Crippen LogP contribution in [0.5, 0.6) is 11.5 Å². The summed E-state index contributed by atoms with van der Waals surface area (Å²) >= 11 is 0. The zero-order chi connectivity index (χ0) is 19.9. The Labute approximate surface area is 167 Å². The molecule has 0 aromatic heterocycles. The van der Waals surface area contributed by atoms with Gasteiger partial charge >= 0.3 is 0 Å². The Kier molecular flexibility index (Phi) is 4.90. The Morgan fingerprint density at radius 3 is 2.61 bits per heavy atom. The maximum atomic E-state index is 13.0. The molecule has 5 nitrogen and oxygen atoms in total. The van der Waals surface area contributed by atoms with Gasteiger partial charge in [-0.1, -0.05) is 31.6 Å². The summed E-state index contributed by atoms with van der Waals surface area (Å²) in [6.07, 6.45) is 4.02. The Morgan fingerprint density at radius 1 is 1.18 bits per heavy atom. The number of benzene rings is 1. The van der Waals surface area contributed by atoms with Crippen LogP contribution in [0.4, 0.5) is 0 Å². The van der Waals surface area contributed by atoms with Crippen LogP contribution < -0.4 is 14.8 Å². The predicted molar refractivity (Wildman–Crippen MR) is 107 cm³/mol. The van der Waals surface area contributed by atoms with Crippen LogP contribution >= 0.6 is 0 Å². The lowest BCUT2D eigenvalue weighted by Gasteiger charge is -2.38. The molecule has 5 heteroatoms. The van der Waals surface area contributed by atoms with Crippen molar-refractivity contribution in [2.75, 3.05) is 26.6 Å². The fraction of sp³-hybridized carbons (Fsp3) is 0.609. The minimum Gasteiger partial charge on any atom is -0.454 e. The summed E-state index contributed by atoms with van der Waals surface area (Å²) in [5, 5.41) is 3.28. The fourth-order valence-corrected chi connectivity index (χ4v) is 4.77. The van der Waals surface area contributed by atoms with E-state index in [0.717, 1.165) is 24.3 Å². The highest BCUT2D eigenvalue weighted by Gasteiger charge is 2.60. The molecule has 1 saturated heterocycles. The Bertz CT molecular complexity index is 788. The number of fused-ring (bicyclic) bond motifs is 1. The van der Waals surface area contributed by atoms with Gasteiger partial charge in [-0.15, -0.1) is 0 Å². The van der Waals surface area contributed by atoms with Crippen LogP contribution in [0.3, 0.4) is 0 Å². The first-order valence-corrected chi connectivity index (χ1v) is 10.2. The SMILES string of the molecule is CC(C)=C[C@@H]1[C@@H](C(=O)NCC2(c3ccc4c(c3)OCO4)CCOCC2)C1(C)C. The van der Waals surface area contributed by atoms with Gasteiger partial charge in [0.05, 0.1) is 5.92 Å². The number of hydrogen-bond donors (Lipinski definition) is 1. The molecule has 2 fully saturated rings. The molecular weight excluding hydrogens is 354 g/mol. The first kappa shape index (κ1) is 19.3. The van der Waals surface area contributed by atoms with E-state index in [9.17, 15) is 4.79 Å². The third kappa shape index (κ3) is 3.41. The summed E-state index contributed by atoms with van der Waals surface area (Å²) in [5.41, 5.74) is 2.37. The molecule has 1 aliphatic carbocycles. The van der Waals surface area contributed by atoms with Crippen LogP contribution in [-0.4, -0.2) is 32.5 Å². The fourth-order valence-electron chi connectivity index (χ4n) is 4.77. The molecule has 1 N–H and O–H groups in total. The summed E-state index contributed by atoms with van der Waals surface area (Å²) in [5.74, 6) is 2.13. The van der Waals surface area contributed by atoms with Crippen LogP contribution in [0.15, 0.2) is 29.8 Å². The molecule has 1 aromatic carbocycles. The van der Waals surface area contributed by atoms with Gasteiger partial charge in [0.1, 0.15) is 0 Å². The number of ether oxygens (including phenoxy) is 3. The van der Waals surface area contributed by atoms with Gasteiger partial charge in [-0.25, -0.2) is 0 Å². The van der Waals surface area contributed by atoms with Crippen molar-refractivity contribution in [1.82, 2.24) is 5.32 Å². The van der Waals surface area contributed by atoms with Gasteiger partial charge < -0.3 is 19.5 Å². The molecule has 1 saturated carbocycles. The molecule has 152 valence electrons. The van der Waals surface area contributed by atoms with Gasteiger partial charge in [-0.05, 0) is 55.7 Å². The highest BCUT2D eigenvalue weighted by molar-refractivity contribution is 5.83. The summed E-state index contributed by atoms with van der Waals surface area (Å²) in [6.45, 7) is 10.9. The van der Waals surface area contributed by atoms with Gasteiger partial charge in [-0.3, -0.25) is 4.79 Å². The predicted octanol–water partition coefficient (Wildman–Crippen LogP) is 3.82. The average molecular weight is 386 g/mol. The number of rotatable bonds is 5. The minimum atomic E-state index is -0.125. The molecule has 0 bridgehead atoms. The molecular formula is C23H31NO4. The maximum absolute atomic E-state index is 13.0.